The molecule has 5 nitrogen and oxygen atoms in total. The van der Waals surface area contributed by atoms with E-state index >= 15 is 0 Å². The highest BCUT2D eigenvalue weighted by molar-refractivity contribution is 5.95. The third-order valence-corrected chi connectivity index (χ3v) is 3.11. The maximum absolute atomic E-state index is 14.0. The first-order valence-electron chi connectivity index (χ1n) is 6.00. The molecule has 1 aromatic rings. The summed E-state index contributed by atoms with van der Waals surface area (Å²) in [5.74, 6) is -1.73. The number of carboxylic acid groups (broad SMARTS) is 1. The first kappa shape index (κ1) is 13.1. The average Bonchev–Trinajstić information content (AvgIpc) is 3.15. The second-order valence-electron chi connectivity index (χ2n) is 4.53. The number of nitrogen functional groups attached to an aromatic ring is 1. The summed E-state index contributed by atoms with van der Waals surface area (Å²) >= 11 is 0. The SMILES string of the molecule is N#CCCN(c1cc(C(=O)O)c(N)cc1F)C1CC1. The molecular formula is C13H14FN3O2. The second-order valence-corrected chi connectivity index (χ2v) is 4.53. The topological polar surface area (TPSA) is 90.3 Å². The molecule has 19 heavy (non-hydrogen) atoms. The van der Waals surface area contributed by atoms with Gasteiger partial charge < -0.3 is 15.7 Å². The van der Waals surface area contributed by atoms with Crippen LogP contribution in [0, 0.1) is 17.1 Å². The average molecular weight is 263 g/mol. The van der Waals surface area contributed by atoms with Crippen LogP contribution in [0.4, 0.5) is 15.8 Å². The second kappa shape index (κ2) is 5.14. The summed E-state index contributed by atoms with van der Waals surface area (Å²) in [5, 5.41) is 17.7. The molecule has 0 aromatic heterocycles. The van der Waals surface area contributed by atoms with Crippen LogP contribution >= 0.6 is 0 Å². The van der Waals surface area contributed by atoms with Gasteiger partial charge >= 0.3 is 5.97 Å². The Balaban J connectivity index is 2.38. The number of benzene rings is 1. The molecule has 0 amide bonds. The maximum Gasteiger partial charge on any atom is 0.337 e. The van der Waals surface area contributed by atoms with Gasteiger partial charge in [-0.05, 0) is 25.0 Å². The molecule has 0 spiro atoms. The van der Waals surface area contributed by atoms with Crippen molar-refractivity contribution >= 4 is 17.3 Å². The summed E-state index contributed by atoms with van der Waals surface area (Å²) < 4.78 is 14.0. The van der Waals surface area contributed by atoms with Crippen molar-refractivity contribution in [1.82, 2.24) is 0 Å². The van der Waals surface area contributed by atoms with Crippen LogP contribution in [0.5, 0.6) is 0 Å². The van der Waals surface area contributed by atoms with Crippen molar-refractivity contribution in [3.05, 3.63) is 23.5 Å². The van der Waals surface area contributed by atoms with E-state index in [4.69, 9.17) is 16.1 Å². The van der Waals surface area contributed by atoms with Gasteiger partial charge in [0.15, 0.2) is 0 Å². The predicted octanol–water partition coefficient (Wildman–Crippen LogP) is 1.99. The number of nitrogens with zero attached hydrogens (tertiary/aromatic N) is 2. The van der Waals surface area contributed by atoms with Gasteiger partial charge in [-0.1, -0.05) is 0 Å². The van der Waals surface area contributed by atoms with E-state index < -0.39 is 11.8 Å². The fourth-order valence-corrected chi connectivity index (χ4v) is 2.04. The Kier molecular flexibility index (Phi) is 3.56. The van der Waals surface area contributed by atoms with E-state index in [1.807, 2.05) is 6.07 Å². The van der Waals surface area contributed by atoms with Crippen molar-refractivity contribution < 1.29 is 14.3 Å². The number of aromatic carboxylic acids is 1. The smallest absolute Gasteiger partial charge is 0.337 e. The van der Waals surface area contributed by atoms with E-state index in [0.29, 0.717) is 6.54 Å². The molecule has 0 atom stereocenters. The fourth-order valence-electron chi connectivity index (χ4n) is 2.04. The molecule has 0 radical (unpaired) electrons. The normalized spacial score (nSPS) is 13.9. The van der Waals surface area contributed by atoms with Crippen molar-refractivity contribution in [1.29, 1.82) is 5.26 Å². The first-order chi connectivity index (χ1) is 9.04. The zero-order chi connectivity index (χ0) is 14.0. The molecule has 2 rings (SSSR count). The van der Waals surface area contributed by atoms with Crippen molar-refractivity contribution in [2.24, 2.45) is 0 Å². The minimum Gasteiger partial charge on any atom is -0.478 e. The van der Waals surface area contributed by atoms with Crippen LogP contribution in [0.15, 0.2) is 12.1 Å². The Morgan fingerprint density at radius 3 is 2.79 bits per heavy atom. The van der Waals surface area contributed by atoms with Crippen LogP contribution in [0.1, 0.15) is 29.6 Å². The summed E-state index contributed by atoms with van der Waals surface area (Å²) in [6.45, 7) is 0.390. The maximum atomic E-state index is 14.0. The minimum absolute atomic E-state index is 0.0928. The summed E-state index contributed by atoms with van der Waals surface area (Å²) in [7, 11) is 0. The molecule has 0 unspecified atom stereocenters. The van der Waals surface area contributed by atoms with Gasteiger partial charge in [0.25, 0.3) is 0 Å². The van der Waals surface area contributed by atoms with Crippen molar-refractivity contribution in [3.8, 4) is 6.07 Å². The lowest BCUT2D eigenvalue weighted by Gasteiger charge is -2.24. The van der Waals surface area contributed by atoms with Gasteiger partial charge in [0.1, 0.15) is 5.82 Å². The Bertz CT molecular complexity index is 550. The molecule has 6 heteroatoms. The summed E-state index contributed by atoms with van der Waals surface area (Å²) in [4.78, 5) is 12.8. The standard InChI is InChI=1S/C13H14FN3O2/c14-10-7-11(16)9(13(18)19)6-12(10)17(5-1-4-15)8-2-3-8/h6-8H,1-3,5,16H2,(H,18,19). The largest absolute Gasteiger partial charge is 0.478 e. The molecule has 1 saturated carbocycles. The van der Waals surface area contributed by atoms with Gasteiger partial charge in [-0.2, -0.15) is 5.26 Å². The summed E-state index contributed by atoms with van der Waals surface area (Å²) in [6, 6.07) is 4.48. The number of hydrogen-bond donors (Lipinski definition) is 2. The van der Waals surface area contributed by atoms with Crippen LogP contribution < -0.4 is 10.6 Å². The van der Waals surface area contributed by atoms with Crippen molar-refractivity contribution in [2.45, 2.75) is 25.3 Å². The van der Waals surface area contributed by atoms with E-state index in [9.17, 15) is 9.18 Å². The van der Waals surface area contributed by atoms with E-state index in [0.717, 1.165) is 18.9 Å². The van der Waals surface area contributed by atoms with E-state index in [2.05, 4.69) is 0 Å². The molecule has 1 aromatic carbocycles. The van der Waals surface area contributed by atoms with Crippen LogP contribution in [0.3, 0.4) is 0 Å². The minimum atomic E-state index is -1.19. The number of hydrogen-bond acceptors (Lipinski definition) is 4. The fraction of sp³-hybridized carbons (Fsp3) is 0.385. The monoisotopic (exact) mass is 263 g/mol. The number of anilines is 2. The number of nitrogens with two attached hydrogens (primary N) is 1. The van der Waals surface area contributed by atoms with E-state index in [1.165, 1.54) is 6.07 Å². The molecule has 1 fully saturated rings. The van der Waals surface area contributed by atoms with Crippen molar-refractivity contribution in [2.75, 3.05) is 17.2 Å². The Morgan fingerprint density at radius 1 is 1.58 bits per heavy atom. The lowest BCUT2D eigenvalue weighted by molar-refractivity contribution is 0.0698. The molecular weight excluding hydrogens is 249 g/mol. The molecule has 0 heterocycles. The number of nitriles is 1. The zero-order valence-corrected chi connectivity index (χ0v) is 10.3. The van der Waals surface area contributed by atoms with Gasteiger partial charge in [-0.15, -0.1) is 0 Å². The first-order valence-corrected chi connectivity index (χ1v) is 6.00. The van der Waals surface area contributed by atoms with Crippen LogP contribution in [0.25, 0.3) is 0 Å². The van der Waals surface area contributed by atoms with E-state index in [-0.39, 0.29) is 29.4 Å². The number of rotatable bonds is 5. The molecule has 100 valence electrons. The Hall–Kier alpha value is -2.29. The van der Waals surface area contributed by atoms with Crippen LogP contribution in [-0.2, 0) is 0 Å². The molecule has 0 bridgehead atoms. The van der Waals surface area contributed by atoms with Gasteiger partial charge in [-0.3, -0.25) is 0 Å². The zero-order valence-electron chi connectivity index (χ0n) is 10.3. The van der Waals surface area contributed by atoms with Gasteiger partial charge in [-0.25, -0.2) is 9.18 Å². The Labute approximate surface area is 110 Å². The number of halogens is 1. The molecule has 3 N–H and O–H groups in total. The Morgan fingerprint density at radius 2 is 2.26 bits per heavy atom. The van der Waals surface area contributed by atoms with E-state index in [1.54, 1.807) is 4.90 Å². The predicted molar refractivity (Wildman–Crippen MR) is 68.4 cm³/mol. The van der Waals surface area contributed by atoms with Gasteiger partial charge in [0.2, 0.25) is 0 Å². The highest BCUT2D eigenvalue weighted by Gasteiger charge is 2.31. The molecule has 0 aliphatic heterocycles. The highest BCUT2D eigenvalue weighted by atomic mass is 19.1. The van der Waals surface area contributed by atoms with Crippen LogP contribution in [0.2, 0.25) is 0 Å². The third-order valence-electron chi connectivity index (χ3n) is 3.11. The number of carboxylic acids is 1. The molecule has 0 saturated heterocycles. The van der Waals surface area contributed by atoms with Gasteiger partial charge in [0.05, 0.1) is 23.7 Å². The summed E-state index contributed by atoms with van der Waals surface area (Å²) in [6.07, 6.45) is 2.12. The molecule has 1 aliphatic rings. The lowest BCUT2D eigenvalue weighted by Crippen LogP contribution is -2.28. The quantitative estimate of drug-likeness (QED) is 0.793. The highest BCUT2D eigenvalue weighted by Crippen LogP contribution is 2.35. The lowest BCUT2D eigenvalue weighted by atomic mass is 10.1. The van der Waals surface area contributed by atoms with Gasteiger partial charge in [0, 0.05) is 18.3 Å². The van der Waals surface area contributed by atoms with Crippen LogP contribution in [-0.4, -0.2) is 23.7 Å². The molecule has 1 aliphatic carbocycles. The van der Waals surface area contributed by atoms with Crippen molar-refractivity contribution in [3.63, 3.8) is 0 Å². The summed E-state index contributed by atoms with van der Waals surface area (Å²) in [5.41, 5.74) is 5.50. The third kappa shape index (κ3) is 2.76. The number of carbonyl (C=O) groups is 1.